The standard InChI is InChI=1S/C22H23N3O2.C2H2O4/c1-27-21-9-8-17-5-2-3-7-19(17)20(21)16-24-11-13-25(14-12-24)22(26)18-6-4-10-23-15-18;3-1(4)2(5)6/h2-10,15H,11-14,16H2,1H3;(H,3,4)(H,5,6). The van der Waals surface area contributed by atoms with Gasteiger partial charge in [0.2, 0.25) is 0 Å². The lowest BCUT2D eigenvalue weighted by Gasteiger charge is -2.35. The van der Waals surface area contributed by atoms with Gasteiger partial charge in [-0.3, -0.25) is 14.7 Å². The van der Waals surface area contributed by atoms with E-state index in [0.717, 1.165) is 38.5 Å². The smallest absolute Gasteiger partial charge is 0.414 e. The molecule has 3 aromatic rings. The number of carboxylic acids is 2. The minimum Gasteiger partial charge on any atom is -0.496 e. The normalized spacial score (nSPS) is 13.7. The number of pyridine rings is 1. The zero-order valence-electron chi connectivity index (χ0n) is 18.2. The Morgan fingerprint density at radius 3 is 2.24 bits per heavy atom. The van der Waals surface area contributed by atoms with Crippen molar-refractivity contribution in [1.29, 1.82) is 0 Å². The molecule has 0 atom stereocenters. The average Bonchev–Trinajstić information content (AvgIpc) is 2.85. The van der Waals surface area contributed by atoms with Crippen molar-refractivity contribution in [1.82, 2.24) is 14.8 Å². The molecule has 9 nitrogen and oxygen atoms in total. The van der Waals surface area contributed by atoms with Crippen molar-refractivity contribution in [3.8, 4) is 5.75 Å². The van der Waals surface area contributed by atoms with Crippen LogP contribution in [-0.4, -0.2) is 76.1 Å². The molecule has 2 N–H and O–H groups in total. The molecule has 0 radical (unpaired) electrons. The Bertz CT molecular complexity index is 1120. The number of aromatic nitrogens is 1. The van der Waals surface area contributed by atoms with Crippen molar-refractivity contribution in [3.05, 3.63) is 72.1 Å². The second-order valence-electron chi connectivity index (χ2n) is 7.39. The van der Waals surface area contributed by atoms with E-state index in [9.17, 15) is 4.79 Å². The van der Waals surface area contributed by atoms with E-state index in [0.29, 0.717) is 5.56 Å². The average molecular weight is 451 g/mol. The maximum absolute atomic E-state index is 12.6. The van der Waals surface area contributed by atoms with Crippen molar-refractivity contribution in [2.75, 3.05) is 33.3 Å². The third kappa shape index (κ3) is 6.05. The number of carbonyl (C=O) groups excluding carboxylic acids is 1. The van der Waals surface area contributed by atoms with Gasteiger partial charge in [0.25, 0.3) is 5.91 Å². The fourth-order valence-corrected chi connectivity index (χ4v) is 3.67. The molecule has 172 valence electrons. The van der Waals surface area contributed by atoms with Gasteiger partial charge in [0, 0.05) is 50.7 Å². The molecule has 2 aromatic carbocycles. The van der Waals surface area contributed by atoms with Crippen LogP contribution in [0, 0.1) is 0 Å². The molecule has 1 saturated heterocycles. The fourth-order valence-electron chi connectivity index (χ4n) is 3.67. The lowest BCUT2D eigenvalue weighted by Crippen LogP contribution is -2.48. The van der Waals surface area contributed by atoms with Crippen LogP contribution in [0.25, 0.3) is 10.8 Å². The lowest BCUT2D eigenvalue weighted by molar-refractivity contribution is -0.159. The number of hydrogen-bond acceptors (Lipinski definition) is 6. The molecule has 1 amide bonds. The van der Waals surface area contributed by atoms with Gasteiger partial charge in [-0.2, -0.15) is 0 Å². The highest BCUT2D eigenvalue weighted by atomic mass is 16.5. The summed E-state index contributed by atoms with van der Waals surface area (Å²) >= 11 is 0. The van der Waals surface area contributed by atoms with Crippen LogP contribution in [0.4, 0.5) is 0 Å². The molecule has 0 unspecified atom stereocenters. The molecular weight excluding hydrogens is 426 g/mol. The molecule has 1 aromatic heterocycles. The fraction of sp³-hybridized carbons (Fsp3) is 0.250. The van der Waals surface area contributed by atoms with Crippen LogP contribution < -0.4 is 4.74 Å². The number of carboxylic acid groups (broad SMARTS) is 2. The summed E-state index contributed by atoms with van der Waals surface area (Å²) in [6.45, 7) is 3.96. The predicted molar refractivity (Wildman–Crippen MR) is 121 cm³/mol. The van der Waals surface area contributed by atoms with Crippen LogP contribution in [-0.2, 0) is 16.1 Å². The van der Waals surface area contributed by atoms with Gasteiger partial charge in [-0.1, -0.05) is 30.3 Å². The Morgan fingerprint density at radius 1 is 0.939 bits per heavy atom. The van der Waals surface area contributed by atoms with Gasteiger partial charge in [-0.25, -0.2) is 9.59 Å². The highest BCUT2D eigenvalue weighted by molar-refractivity contribution is 6.27. The molecule has 0 saturated carbocycles. The number of aliphatic carboxylic acids is 2. The number of piperazine rings is 1. The van der Waals surface area contributed by atoms with Crippen molar-refractivity contribution in [3.63, 3.8) is 0 Å². The Labute approximate surface area is 190 Å². The molecule has 0 spiro atoms. The quantitative estimate of drug-likeness (QED) is 0.580. The maximum atomic E-state index is 12.6. The van der Waals surface area contributed by atoms with Crippen LogP contribution in [0.15, 0.2) is 60.9 Å². The highest BCUT2D eigenvalue weighted by Gasteiger charge is 2.23. The highest BCUT2D eigenvalue weighted by Crippen LogP contribution is 2.29. The number of nitrogens with zero attached hydrogens (tertiary/aromatic N) is 3. The molecular formula is C24H25N3O6. The zero-order chi connectivity index (χ0) is 23.8. The third-order valence-corrected chi connectivity index (χ3v) is 5.35. The summed E-state index contributed by atoms with van der Waals surface area (Å²) < 4.78 is 5.61. The minimum absolute atomic E-state index is 0.0606. The maximum Gasteiger partial charge on any atom is 0.414 e. The first kappa shape index (κ1) is 23.7. The van der Waals surface area contributed by atoms with Crippen molar-refractivity contribution < 1.29 is 29.3 Å². The van der Waals surface area contributed by atoms with Crippen molar-refractivity contribution in [2.24, 2.45) is 0 Å². The summed E-state index contributed by atoms with van der Waals surface area (Å²) in [4.78, 5) is 39.1. The van der Waals surface area contributed by atoms with Crippen molar-refractivity contribution >= 4 is 28.6 Å². The van der Waals surface area contributed by atoms with E-state index in [-0.39, 0.29) is 5.91 Å². The van der Waals surface area contributed by atoms with Crippen LogP contribution in [0.1, 0.15) is 15.9 Å². The van der Waals surface area contributed by atoms with E-state index in [4.69, 9.17) is 24.5 Å². The number of hydrogen-bond donors (Lipinski definition) is 2. The molecule has 2 heterocycles. The molecule has 1 aliphatic heterocycles. The minimum atomic E-state index is -1.82. The lowest BCUT2D eigenvalue weighted by atomic mass is 10.0. The van der Waals surface area contributed by atoms with Gasteiger partial charge in [-0.05, 0) is 29.0 Å². The second-order valence-corrected chi connectivity index (χ2v) is 7.39. The van der Waals surface area contributed by atoms with E-state index in [1.807, 2.05) is 17.0 Å². The summed E-state index contributed by atoms with van der Waals surface area (Å²) in [6.07, 6.45) is 3.32. The Kier molecular flexibility index (Phi) is 7.93. The molecule has 1 aliphatic rings. The number of amides is 1. The summed E-state index contributed by atoms with van der Waals surface area (Å²) in [5.74, 6) is -2.67. The summed E-state index contributed by atoms with van der Waals surface area (Å²) in [7, 11) is 1.72. The van der Waals surface area contributed by atoms with Crippen LogP contribution in [0.5, 0.6) is 5.75 Å². The van der Waals surface area contributed by atoms with E-state index < -0.39 is 11.9 Å². The first-order chi connectivity index (χ1) is 15.9. The molecule has 0 bridgehead atoms. The second kappa shape index (κ2) is 11.1. The van der Waals surface area contributed by atoms with E-state index in [1.165, 1.54) is 16.3 Å². The SMILES string of the molecule is COc1ccc2ccccc2c1CN1CCN(C(=O)c2cccnc2)CC1.O=C(O)C(=O)O. The van der Waals surface area contributed by atoms with Crippen LogP contribution in [0.2, 0.25) is 0 Å². The number of benzene rings is 2. The summed E-state index contributed by atoms with van der Waals surface area (Å²) in [5, 5.41) is 17.2. The zero-order valence-corrected chi connectivity index (χ0v) is 18.2. The number of ether oxygens (including phenoxy) is 1. The summed E-state index contributed by atoms with van der Waals surface area (Å²) in [6, 6.07) is 16.2. The molecule has 0 aliphatic carbocycles. The number of methoxy groups -OCH3 is 1. The third-order valence-electron chi connectivity index (χ3n) is 5.35. The van der Waals surface area contributed by atoms with Crippen LogP contribution in [0.3, 0.4) is 0 Å². The molecule has 1 fully saturated rings. The summed E-state index contributed by atoms with van der Waals surface area (Å²) in [5.41, 5.74) is 1.87. The van der Waals surface area contributed by atoms with E-state index in [2.05, 4.69) is 40.2 Å². The molecule has 9 heteroatoms. The molecule has 4 rings (SSSR count). The van der Waals surface area contributed by atoms with Crippen LogP contribution >= 0.6 is 0 Å². The van der Waals surface area contributed by atoms with Gasteiger partial charge in [0.15, 0.2) is 0 Å². The van der Waals surface area contributed by atoms with E-state index in [1.54, 1.807) is 25.6 Å². The van der Waals surface area contributed by atoms with Gasteiger partial charge >= 0.3 is 11.9 Å². The van der Waals surface area contributed by atoms with E-state index >= 15 is 0 Å². The number of fused-ring (bicyclic) bond motifs is 1. The first-order valence-electron chi connectivity index (χ1n) is 10.3. The topological polar surface area (TPSA) is 120 Å². The predicted octanol–water partition coefficient (Wildman–Crippen LogP) is 2.36. The number of rotatable bonds is 4. The largest absolute Gasteiger partial charge is 0.496 e. The number of carbonyl (C=O) groups is 3. The van der Waals surface area contributed by atoms with Gasteiger partial charge in [0.05, 0.1) is 12.7 Å². The monoisotopic (exact) mass is 451 g/mol. The van der Waals surface area contributed by atoms with Crippen molar-refractivity contribution in [2.45, 2.75) is 6.54 Å². The van der Waals surface area contributed by atoms with Gasteiger partial charge in [-0.15, -0.1) is 0 Å². The first-order valence-corrected chi connectivity index (χ1v) is 10.3. The Morgan fingerprint density at radius 2 is 1.64 bits per heavy atom. The Hall–Kier alpha value is -3.98. The molecule has 33 heavy (non-hydrogen) atoms. The van der Waals surface area contributed by atoms with Gasteiger partial charge < -0.3 is 19.8 Å². The van der Waals surface area contributed by atoms with Gasteiger partial charge in [0.1, 0.15) is 5.75 Å². The Balaban J connectivity index is 0.000000454.